The Hall–Kier alpha value is -2.37. The topological polar surface area (TPSA) is 66.2 Å². The molecule has 0 bridgehead atoms. The van der Waals surface area contributed by atoms with Crippen molar-refractivity contribution in [2.24, 2.45) is 0 Å². The number of rotatable bonds is 6. The molecule has 0 aliphatic heterocycles. The van der Waals surface area contributed by atoms with Crippen molar-refractivity contribution < 1.29 is 14.3 Å². The molecule has 0 fully saturated rings. The van der Waals surface area contributed by atoms with E-state index in [-0.39, 0.29) is 5.82 Å². The second-order valence-corrected chi connectivity index (χ2v) is 4.28. The standard InChI is InChI=1S/C14H17N3O3/c1-19-12-7-3-5-11(9-12)6-4-8-17-10-15-13(16-17)14(18)20-2/h3,5,7,9-10H,4,6,8H2,1-2H3. The van der Waals surface area contributed by atoms with Crippen LogP contribution in [-0.2, 0) is 17.7 Å². The Balaban J connectivity index is 1.86. The molecular weight excluding hydrogens is 258 g/mol. The number of esters is 1. The summed E-state index contributed by atoms with van der Waals surface area (Å²) in [6.07, 6.45) is 3.35. The molecule has 0 atom stereocenters. The van der Waals surface area contributed by atoms with E-state index < -0.39 is 5.97 Å². The quantitative estimate of drug-likeness (QED) is 0.751. The minimum atomic E-state index is -0.517. The fourth-order valence-corrected chi connectivity index (χ4v) is 1.86. The molecule has 2 aromatic rings. The van der Waals surface area contributed by atoms with Gasteiger partial charge in [-0.15, -0.1) is 5.10 Å². The fourth-order valence-electron chi connectivity index (χ4n) is 1.86. The van der Waals surface area contributed by atoms with E-state index in [1.54, 1.807) is 11.8 Å². The van der Waals surface area contributed by atoms with Crippen LogP contribution in [-0.4, -0.2) is 35.0 Å². The molecule has 1 aromatic heterocycles. The van der Waals surface area contributed by atoms with Gasteiger partial charge in [0.05, 0.1) is 14.2 Å². The van der Waals surface area contributed by atoms with Crippen molar-refractivity contribution in [3.8, 4) is 5.75 Å². The highest BCUT2D eigenvalue weighted by Crippen LogP contribution is 2.14. The highest BCUT2D eigenvalue weighted by atomic mass is 16.5. The zero-order valence-electron chi connectivity index (χ0n) is 11.6. The second-order valence-electron chi connectivity index (χ2n) is 4.28. The number of nitrogens with zero attached hydrogens (tertiary/aromatic N) is 3. The number of methoxy groups -OCH3 is 2. The van der Waals surface area contributed by atoms with E-state index >= 15 is 0 Å². The molecule has 0 N–H and O–H groups in total. The van der Waals surface area contributed by atoms with Gasteiger partial charge in [0.15, 0.2) is 0 Å². The van der Waals surface area contributed by atoms with Crippen LogP contribution in [0, 0.1) is 0 Å². The van der Waals surface area contributed by atoms with Gasteiger partial charge >= 0.3 is 5.97 Å². The second kappa shape index (κ2) is 6.70. The molecule has 2 rings (SSSR count). The number of carbonyl (C=O) groups excluding carboxylic acids is 1. The predicted molar refractivity (Wildman–Crippen MR) is 72.7 cm³/mol. The van der Waals surface area contributed by atoms with Crippen molar-refractivity contribution in [1.82, 2.24) is 14.8 Å². The van der Waals surface area contributed by atoms with Crippen LogP contribution in [0.25, 0.3) is 0 Å². The zero-order chi connectivity index (χ0) is 14.4. The number of aromatic nitrogens is 3. The van der Waals surface area contributed by atoms with Crippen LogP contribution in [0.2, 0.25) is 0 Å². The lowest BCUT2D eigenvalue weighted by atomic mass is 10.1. The summed E-state index contributed by atoms with van der Waals surface area (Å²) in [5.41, 5.74) is 1.21. The first kappa shape index (κ1) is 14.0. The molecular formula is C14H17N3O3. The zero-order valence-corrected chi connectivity index (χ0v) is 11.6. The number of hydrogen-bond donors (Lipinski definition) is 0. The van der Waals surface area contributed by atoms with Gasteiger partial charge in [0, 0.05) is 6.54 Å². The van der Waals surface area contributed by atoms with Crippen LogP contribution < -0.4 is 4.74 Å². The Morgan fingerprint density at radius 3 is 2.95 bits per heavy atom. The molecule has 0 spiro atoms. The van der Waals surface area contributed by atoms with E-state index in [4.69, 9.17) is 4.74 Å². The molecule has 1 heterocycles. The molecule has 0 saturated carbocycles. The van der Waals surface area contributed by atoms with Gasteiger partial charge in [-0.1, -0.05) is 12.1 Å². The maximum atomic E-state index is 11.2. The predicted octanol–water partition coefficient (Wildman–Crippen LogP) is 1.71. The van der Waals surface area contributed by atoms with E-state index in [9.17, 15) is 4.79 Å². The molecule has 6 heteroatoms. The van der Waals surface area contributed by atoms with E-state index in [0.717, 1.165) is 18.6 Å². The van der Waals surface area contributed by atoms with Crippen molar-refractivity contribution in [3.63, 3.8) is 0 Å². The van der Waals surface area contributed by atoms with Crippen LogP contribution in [0.4, 0.5) is 0 Å². The maximum Gasteiger partial charge on any atom is 0.377 e. The summed E-state index contributed by atoms with van der Waals surface area (Å²) in [5, 5.41) is 4.05. The monoisotopic (exact) mass is 275 g/mol. The highest BCUT2D eigenvalue weighted by Gasteiger charge is 2.10. The Bertz CT molecular complexity index is 581. The SMILES string of the molecule is COC(=O)c1ncn(CCCc2cccc(OC)c2)n1. The minimum absolute atomic E-state index is 0.0916. The van der Waals surface area contributed by atoms with E-state index in [1.165, 1.54) is 19.0 Å². The molecule has 6 nitrogen and oxygen atoms in total. The van der Waals surface area contributed by atoms with Crippen molar-refractivity contribution in [3.05, 3.63) is 42.0 Å². The summed E-state index contributed by atoms with van der Waals surface area (Å²) in [6.45, 7) is 0.696. The maximum absolute atomic E-state index is 11.2. The molecule has 20 heavy (non-hydrogen) atoms. The van der Waals surface area contributed by atoms with Gasteiger partial charge in [0.1, 0.15) is 12.1 Å². The molecule has 0 saturated heterocycles. The first-order valence-electron chi connectivity index (χ1n) is 6.33. The molecule has 106 valence electrons. The number of benzene rings is 1. The first-order valence-corrected chi connectivity index (χ1v) is 6.33. The lowest BCUT2D eigenvalue weighted by Gasteiger charge is -2.04. The van der Waals surface area contributed by atoms with Crippen LogP contribution in [0.15, 0.2) is 30.6 Å². The van der Waals surface area contributed by atoms with Crippen molar-refractivity contribution in [2.75, 3.05) is 14.2 Å². The average molecular weight is 275 g/mol. The summed E-state index contributed by atoms with van der Waals surface area (Å²) in [4.78, 5) is 15.1. The lowest BCUT2D eigenvalue weighted by molar-refractivity contribution is 0.0586. The number of carbonyl (C=O) groups is 1. The van der Waals surface area contributed by atoms with Crippen LogP contribution in [0.3, 0.4) is 0 Å². The summed E-state index contributed by atoms with van der Waals surface area (Å²) in [7, 11) is 2.97. The van der Waals surface area contributed by atoms with Crippen LogP contribution >= 0.6 is 0 Å². The Labute approximate surface area is 117 Å². The minimum Gasteiger partial charge on any atom is -0.497 e. The van der Waals surface area contributed by atoms with E-state index in [0.29, 0.717) is 6.54 Å². The molecule has 0 aliphatic carbocycles. The summed E-state index contributed by atoms with van der Waals surface area (Å²) in [5.74, 6) is 0.432. The number of ether oxygens (including phenoxy) is 2. The smallest absolute Gasteiger partial charge is 0.377 e. The molecule has 0 unspecified atom stereocenters. The number of aryl methyl sites for hydroxylation is 2. The van der Waals surface area contributed by atoms with Gasteiger partial charge in [-0.05, 0) is 30.5 Å². The Kier molecular flexibility index (Phi) is 4.70. The molecule has 1 aromatic carbocycles. The Morgan fingerprint density at radius 1 is 1.35 bits per heavy atom. The van der Waals surface area contributed by atoms with Gasteiger partial charge in [-0.25, -0.2) is 9.78 Å². The van der Waals surface area contributed by atoms with Crippen molar-refractivity contribution in [2.45, 2.75) is 19.4 Å². The third kappa shape index (κ3) is 3.57. The summed E-state index contributed by atoms with van der Waals surface area (Å²) >= 11 is 0. The van der Waals surface area contributed by atoms with Gasteiger partial charge in [0.2, 0.25) is 0 Å². The van der Waals surface area contributed by atoms with Crippen molar-refractivity contribution in [1.29, 1.82) is 0 Å². The van der Waals surface area contributed by atoms with Gasteiger partial charge in [0.25, 0.3) is 5.82 Å². The fraction of sp³-hybridized carbons (Fsp3) is 0.357. The van der Waals surface area contributed by atoms with Gasteiger partial charge < -0.3 is 9.47 Å². The number of hydrogen-bond acceptors (Lipinski definition) is 5. The van der Waals surface area contributed by atoms with Gasteiger partial charge in [-0.3, -0.25) is 4.68 Å². The summed E-state index contributed by atoms with van der Waals surface area (Å²) < 4.78 is 11.4. The third-order valence-electron chi connectivity index (χ3n) is 2.89. The molecule has 0 amide bonds. The van der Waals surface area contributed by atoms with Crippen molar-refractivity contribution >= 4 is 5.97 Å². The highest BCUT2D eigenvalue weighted by molar-refractivity contribution is 5.84. The first-order chi connectivity index (χ1) is 9.72. The lowest BCUT2D eigenvalue weighted by Crippen LogP contribution is -2.06. The third-order valence-corrected chi connectivity index (χ3v) is 2.89. The van der Waals surface area contributed by atoms with Crippen LogP contribution in [0.5, 0.6) is 5.75 Å². The van der Waals surface area contributed by atoms with Crippen LogP contribution in [0.1, 0.15) is 22.6 Å². The van der Waals surface area contributed by atoms with Gasteiger partial charge in [-0.2, -0.15) is 0 Å². The molecule has 0 aliphatic rings. The van der Waals surface area contributed by atoms with E-state index in [1.807, 2.05) is 18.2 Å². The Morgan fingerprint density at radius 2 is 2.20 bits per heavy atom. The van der Waals surface area contributed by atoms with E-state index in [2.05, 4.69) is 20.9 Å². The normalized spacial score (nSPS) is 10.3. The summed E-state index contributed by atoms with van der Waals surface area (Å²) in [6, 6.07) is 7.97. The average Bonchev–Trinajstić information content (AvgIpc) is 2.95. The largest absolute Gasteiger partial charge is 0.497 e. The molecule has 0 radical (unpaired) electrons.